The Hall–Kier alpha value is -1.81. The molecular formula is C21H28FN3O3S2. The monoisotopic (exact) mass is 453 g/mol. The van der Waals surface area contributed by atoms with Crippen molar-refractivity contribution in [3.05, 3.63) is 52.5 Å². The lowest BCUT2D eigenvalue weighted by atomic mass is 9.97. The average molecular weight is 454 g/mol. The number of nitrogens with one attached hydrogen (secondary N) is 2. The first kappa shape index (κ1) is 22.9. The fourth-order valence-corrected chi connectivity index (χ4v) is 5.42. The van der Waals surface area contributed by atoms with Crippen molar-refractivity contribution in [2.45, 2.75) is 37.1 Å². The smallest absolute Gasteiger partial charge is 0.240 e. The van der Waals surface area contributed by atoms with Crippen LogP contribution in [0.2, 0.25) is 0 Å². The summed E-state index contributed by atoms with van der Waals surface area (Å²) in [4.78, 5) is 15.9. The minimum atomic E-state index is -3.77. The molecule has 0 aliphatic carbocycles. The second-order valence-electron chi connectivity index (χ2n) is 7.66. The van der Waals surface area contributed by atoms with E-state index in [9.17, 15) is 17.6 Å². The molecule has 1 amide bonds. The Balaban J connectivity index is 1.49. The van der Waals surface area contributed by atoms with Crippen LogP contribution in [-0.4, -0.2) is 45.4 Å². The van der Waals surface area contributed by atoms with Crippen molar-refractivity contribution in [3.8, 4) is 0 Å². The molecule has 164 valence electrons. The zero-order valence-corrected chi connectivity index (χ0v) is 18.6. The number of likely N-dealkylation sites (tertiary alicyclic amines) is 1. The Bertz CT molecular complexity index is 909. The molecule has 1 atom stereocenters. The van der Waals surface area contributed by atoms with Gasteiger partial charge in [-0.15, -0.1) is 11.3 Å². The van der Waals surface area contributed by atoms with Gasteiger partial charge in [-0.1, -0.05) is 13.0 Å². The number of hydrogen-bond acceptors (Lipinski definition) is 5. The summed E-state index contributed by atoms with van der Waals surface area (Å²) in [6, 6.07) is 8.83. The van der Waals surface area contributed by atoms with Gasteiger partial charge in [0, 0.05) is 24.4 Å². The minimum Gasteiger partial charge on any atom is -0.354 e. The van der Waals surface area contributed by atoms with Gasteiger partial charge in [-0.2, -0.15) is 0 Å². The summed E-state index contributed by atoms with van der Waals surface area (Å²) in [5.74, 6) is 0.0227. The highest BCUT2D eigenvalue weighted by Crippen LogP contribution is 2.29. The largest absolute Gasteiger partial charge is 0.354 e. The van der Waals surface area contributed by atoms with Crippen LogP contribution in [0.5, 0.6) is 0 Å². The van der Waals surface area contributed by atoms with Gasteiger partial charge in [-0.25, -0.2) is 17.5 Å². The first-order valence-electron chi connectivity index (χ1n) is 10.1. The molecule has 1 aliphatic rings. The summed E-state index contributed by atoms with van der Waals surface area (Å²) in [6.07, 6.45) is 2.34. The highest BCUT2D eigenvalue weighted by Gasteiger charge is 2.25. The van der Waals surface area contributed by atoms with Crippen LogP contribution in [0, 0.1) is 11.7 Å². The lowest BCUT2D eigenvalue weighted by Gasteiger charge is -2.36. The van der Waals surface area contributed by atoms with E-state index < -0.39 is 15.8 Å². The fraction of sp³-hybridized carbons (Fsp3) is 0.476. The summed E-state index contributed by atoms with van der Waals surface area (Å²) in [6.45, 7) is 4.77. The summed E-state index contributed by atoms with van der Waals surface area (Å²) >= 11 is 1.69. The van der Waals surface area contributed by atoms with Gasteiger partial charge in [0.15, 0.2) is 0 Å². The van der Waals surface area contributed by atoms with Gasteiger partial charge >= 0.3 is 0 Å². The maximum Gasteiger partial charge on any atom is 0.240 e. The fourth-order valence-electron chi connectivity index (χ4n) is 3.53. The molecule has 2 aromatic rings. The lowest BCUT2D eigenvalue weighted by molar-refractivity contribution is -0.121. The van der Waals surface area contributed by atoms with Crippen molar-refractivity contribution >= 4 is 27.3 Å². The number of carbonyl (C=O) groups excluding carboxylic acids is 1. The van der Waals surface area contributed by atoms with Crippen molar-refractivity contribution < 1.29 is 17.6 Å². The van der Waals surface area contributed by atoms with Crippen LogP contribution in [0.1, 0.15) is 37.1 Å². The summed E-state index contributed by atoms with van der Waals surface area (Å²) in [5, 5.41) is 5.00. The Morgan fingerprint density at radius 2 is 1.93 bits per heavy atom. The molecule has 3 rings (SSSR count). The number of halogens is 1. The zero-order valence-electron chi connectivity index (χ0n) is 17.0. The number of rotatable bonds is 9. The third kappa shape index (κ3) is 6.34. The van der Waals surface area contributed by atoms with Crippen molar-refractivity contribution in [1.82, 2.24) is 14.9 Å². The first-order chi connectivity index (χ1) is 14.3. The van der Waals surface area contributed by atoms with Gasteiger partial charge in [0.2, 0.25) is 15.9 Å². The molecule has 1 fully saturated rings. The Morgan fingerprint density at radius 3 is 2.57 bits per heavy atom. The van der Waals surface area contributed by atoms with Gasteiger partial charge in [0.05, 0.1) is 10.9 Å². The van der Waals surface area contributed by atoms with Crippen LogP contribution in [0.4, 0.5) is 4.39 Å². The normalized spacial score (nSPS) is 17.0. The molecule has 1 aliphatic heterocycles. The highest BCUT2D eigenvalue weighted by molar-refractivity contribution is 7.89. The second kappa shape index (κ2) is 10.5. The van der Waals surface area contributed by atoms with E-state index in [1.807, 2.05) is 11.4 Å². The van der Waals surface area contributed by atoms with Crippen LogP contribution in [0.25, 0.3) is 0 Å². The van der Waals surface area contributed by atoms with Crippen LogP contribution in [0.15, 0.2) is 46.7 Å². The molecule has 1 aromatic carbocycles. The molecule has 2 heterocycles. The topological polar surface area (TPSA) is 78.5 Å². The summed E-state index contributed by atoms with van der Waals surface area (Å²) in [7, 11) is -3.77. The maximum absolute atomic E-state index is 13.0. The molecule has 30 heavy (non-hydrogen) atoms. The minimum absolute atomic E-state index is 0.0174. The van der Waals surface area contributed by atoms with Crippen molar-refractivity contribution in [2.75, 3.05) is 26.2 Å². The van der Waals surface area contributed by atoms with Crippen molar-refractivity contribution in [1.29, 1.82) is 0 Å². The maximum atomic E-state index is 13.0. The lowest BCUT2D eigenvalue weighted by Crippen LogP contribution is -2.42. The Labute approximate surface area is 181 Å². The Kier molecular flexibility index (Phi) is 7.99. The number of sulfonamides is 1. The molecule has 6 nitrogen and oxygen atoms in total. The predicted octanol–water partition coefficient (Wildman–Crippen LogP) is 3.15. The van der Waals surface area contributed by atoms with E-state index in [1.54, 1.807) is 11.3 Å². The van der Waals surface area contributed by atoms with Crippen LogP contribution < -0.4 is 10.0 Å². The number of amides is 1. The van der Waals surface area contributed by atoms with Crippen molar-refractivity contribution in [3.63, 3.8) is 0 Å². The van der Waals surface area contributed by atoms with Crippen molar-refractivity contribution in [2.24, 2.45) is 5.92 Å². The van der Waals surface area contributed by atoms with Gasteiger partial charge in [0.1, 0.15) is 5.82 Å². The standard InChI is InChI=1S/C21H28FN3O3S2/c1-16-9-12-25(13-10-16)19(20-3-2-14-29-20)15-23-21(26)8-11-24-30(27,28)18-6-4-17(22)5-7-18/h2-7,14,16,19,24H,8-13,15H2,1H3,(H,23,26). The predicted molar refractivity (Wildman–Crippen MR) is 116 cm³/mol. The molecule has 0 spiro atoms. The molecule has 1 saturated heterocycles. The first-order valence-corrected chi connectivity index (χ1v) is 12.5. The zero-order chi connectivity index (χ0) is 21.6. The quantitative estimate of drug-likeness (QED) is 0.611. The number of thiophene rings is 1. The second-order valence-corrected chi connectivity index (χ2v) is 10.4. The van der Waals surface area contributed by atoms with E-state index in [4.69, 9.17) is 0 Å². The number of nitrogens with zero attached hydrogens (tertiary/aromatic N) is 1. The molecule has 1 unspecified atom stereocenters. The highest BCUT2D eigenvalue weighted by atomic mass is 32.2. The number of hydrogen-bond donors (Lipinski definition) is 2. The van der Waals surface area contributed by atoms with Crippen LogP contribution in [0.3, 0.4) is 0 Å². The average Bonchev–Trinajstić information content (AvgIpc) is 3.24. The van der Waals surface area contributed by atoms with E-state index in [0.717, 1.165) is 44.0 Å². The van der Waals surface area contributed by atoms with Crippen LogP contribution >= 0.6 is 11.3 Å². The van der Waals surface area contributed by atoms with E-state index in [2.05, 4.69) is 27.9 Å². The van der Waals surface area contributed by atoms with E-state index in [0.29, 0.717) is 6.54 Å². The molecule has 9 heteroatoms. The van der Waals surface area contributed by atoms with Gasteiger partial charge in [-0.05, 0) is 67.6 Å². The molecule has 2 N–H and O–H groups in total. The Morgan fingerprint density at radius 1 is 1.23 bits per heavy atom. The van der Waals surface area contributed by atoms with Crippen LogP contribution in [-0.2, 0) is 14.8 Å². The summed E-state index contributed by atoms with van der Waals surface area (Å²) < 4.78 is 39.8. The van der Waals surface area contributed by atoms with E-state index in [1.165, 1.54) is 17.0 Å². The molecule has 0 saturated carbocycles. The SMILES string of the molecule is CC1CCN(C(CNC(=O)CCNS(=O)(=O)c2ccc(F)cc2)c2cccs2)CC1. The molecular weight excluding hydrogens is 425 g/mol. The number of piperidine rings is 1. The summed E-state index contributed by atoms with van der Waals surface area (Å²) in [5.41, 5.74) is 0. The third-order valence-corrected chi connectivity index (χ3v) is 7.84. The number of carbonyl (C=O) groups is 1. The van der Waals surface area contributed by atoms with Gasteiger partial charge < -0.3 is 5.32 Å². The van der Waals surface area contributed by atoms with E-state index in [-0.39, 0.29) is 29.8 Å². The number of benzene rings is 1. The molecule has 0 bridgehead atoms. The van der Waals surface area contributed by atoms with E-state index >= 15 is 0 Å². The van der Waals surface area contributed by atoms with Gasteiger partial charge in [-0.3, -0.25) is 9.69 Å². The third-order valence-electron chi connectivity index (χ3n) is 5.39. The molecule has 1 aromatic heterocycles. The molecule has 0 radical (unpaired) electrons. The van der Waals surface area contributed by atoms with Gasteiger partial charge in [0.25, 0.3) is 0 Å².